The van der Waals surface area contributed by atoms with Crippen molar-refractivity contribution in [2.45, 2.75) is 39.7 Å². The lowest BCUT2D eigenvalue weighted by molar-refractivity contribution is 0.412. The van der Waals surface area contributed by atoms with Crippen LogP contribution in [0.3, 0.4) is 0 Å². The Morgan fingerprint density at radius 3 is 2.76 bits per heavy atom. The highest BCUT2D eigenvalue weighted by Crippen LogP contribution is 2.26. The van der Waals surface area contributed by atoms with E-state index in [0.717, 1.165) is 29.9 Å². The molecule has 2 aromatic rings. The summed E-state index contributed by atoms with van der Waals surface area (Å²) in [6, 6.07) is 1.73. The molecule has 5 heteroatoms. The van der Waals surface area contributed by atoms with Gasteiger partial charge < -0.3 is 14.7 Å². The molecule has 1 unspecified atom stereocenters. The van der Waals surface area contributed by atoms with Crippen molar-refractivity contribution in [3.63, 3.8) is 0 Å². The third-order valence-electron chi connectivity index (χ3n) is 2.64. The minimum absolute atomic E-state index is 0.161. The molecule has 92 valence electrons. The van der Waals surface area contributed by atoms with Crippen molar-refractivity contribution in [1.29, 1.82) is 0 Å². The molecule has 2 N–H and O–H groups in total. The molecule has 0 spiro atoms. The van der Waals surface area contributed by atoms with Crippen molar-refractivity contribution in [2.24, 2.45) is 5.73 Å². The Morgan fingerprint density at radius 1 is 1.41 bits per heavy atom. The SMILES string of the molecule is CCCC(N)c1noc(-c2cc(C)oc2C)n1. The summed E-state index contributed by atoms with van der Waals surface area (Å²) < 4.78 is 10.6. The minimum Gasteiger partial charge on any atom is -0.466 e. The van der Waals surface area contributed by atoms with Gasteiger partial charge in [-0.15, -0.1) is 0 Å². The summed E-state index contributed by atoms with van der Waals surface area (Å²) in [6.07, 6.45) is 1.84. The van der Waals surface area contributed by atoms with Crippen molar-refractivity contribution in [3.05, 3.63) is 23.4 Å². The first kappa shape index (κ1) is 11.9. The summed E-state index contributed by atoms with van der Waals surface area (Å²) in [5.74, 6) is 2.64. The monoisotopic (exact) mass is 235 g/mol. The van der Waals surface area contributed by atoms with Crippen LogP contribution in [0.2, 0.25) is 0 Å². The van der Waals surface area contributed by atoms with Crippen LogP contribution in [-0.2, 0) is 0 Å². The molecule has 1 atom stereocenters. The Labute approximate surface area is 100.0 Å². The predicted octanol–water partition coefficient (Wildman–Crippen LogP) is 2.75. The van der Waals surface area contributed by atoms with Crippen LogP contribution in [0.15, 0.2) is 15.0 Å². The summed E-state index contributed by atoms with van der Waals surface area (Å²) in [5, 5.41) is 3.91. The lowest BCUT2D eigenvalue weighted by atomic mass is 10.2. The molecule has 0 aliphatic heterocycles. The molecule has 2 heterocycles. The quantitative estimate of drug-likeness (QED) is 0.881. The second-order valence-electron chi connectivity index (χ2n) is 4.18. The second kappa shape index (κ2) is 4.71. The Hall–Kier alpha value is -1.62. The molecule has 0 bridgehead atoms. The number of hydrogen-bond acceptors (Lipinski definition) is 5. The summed E-state index contributed by atoms with van der Waals surface area (Å²) in [6.45, 7) is 5.83. The third-order valence-corrected chi connectivity index (χ3v) is 2.64. The van der Waals surface area contributed by atoms with Crippen LogP contribution in [-0.4, -0.2) is 10.1 Å². The lowest BCUT2D eigenvalue weighted by Gasteiger charge is -2.02. The first-order valence-electron chi connectivity index (χ1n) is 5.78. The largest absolute Gasteiger partial charge is 0.466 e. The van der Waals surface area contributed by atoms with Gasteiger partial charge >= 0.3 is 0 Å². The van der Waals surface area contributed by atoms with Gasteiger partial charge in [0, 0.05) is 0 Å². The van der Waals surface area contributed by atoms with Gasteiger partial charge in [-0.3, -0.25) is 0 Å². The molecule has 0 radical (unpaired) electrons. The first-order chi connectivity index (χ1) is 8.11. The van der Waals surface area contributed by atoms with Gasteiger partial charge in [0.25, 0.3) is 5.89 Å². The molecule has 0 saturated carbocycles. The van der Waals surface area contributed by atoms with Gasteiger partial charge in [0.05, 0.1) is 11.6 Å². The fourth-order valence-electron chi connectivity index (χ4n) is 1.78. The van der Waals surface area contributed by atoms with Gasteiger partial charge in [0.2, 0.25) is 0 Å². The van der Waals surface area contributed by atoms with Crippen molar-refractivity contribution in [1.82, 2.24) is 10.1 Å². The number of aryl methyl sites for hydroxylation is 2. The molecule has 2 aromatic heterocycles. The van der Waals surface area contributed by atoms with Crippen LogP contribution in [0.4, 0.5) is 0 Å². The van der Waals surface area contributed by atoms with Gasteiger partial charge in [0.1, 0.15) is 11.5 Å². The number of nitrogens with zero attached hydrogens (tertiary/aromatic N) is 2. The predicted molar refractivity (Wildman–Crippen MR) is 63.3 cm³/mol. The summed E-state index contributed by atoms with van der Waals surface area (Å²) in [7, 11) is 0. The maximum Gasteiger partial charge on any atom is 0.261 e. The van der Waals surface area contributed by atoms with Crippen LogP contribution in [0.25, 0.3) is 11.5 Å². The van der Waals surface area contributed by atoms with E-state index in [4.69, 9.17) is 14.7 Å². The molecule has 0 fully saturated rings. The molecule has 0 saturated heterocycles. The number of hydrogen-bond donors (Lipinski definition) is 1. The van der Waals surface area contributed by atoms with E-state index in [-0.39, 0.29) is 6.04 Å². The van der Waals surface area contributed by atoms with Gasteiger partial charge in [-0.2, -0.15) is 4.98 Å². The number of nitrogens with two attached hydrogens (primary N) is 1. The van der Waals surface area contributed by atoms with E-state index in [9.17, 15) is 0 Å². The molecule has 0 aromatic carbocycles. The number of rotatable bonds is 4. The molecule has 17 heavy (non-hydrogen) atoms. The van der Waals surface area contributed by atoms with Crippen LogP contribution in [0.1, 0.15) is 43.2 Å². The van der Waals surface area contributed by atoms with Crippen molar-refractivity contribution >= 4 is 0 Å². The average Bonchev–Trinajstić information content (AvgIpc) is 2.85. The first-order valence-corrected chi connectivity index (χ1v) is 5.78. The van der Waals surface area contributed by atoms with E-state index in [0.29, 0.717) is 11.7 Å². The summed E-state index contributed by atoms with van der Waals surface area (Å²) >= 11 is 0. The van der Waals surface area contributed by atoms with Crippen LogP contribution >= 0.6 is 0 Å². The van der Waals surface area contributed by atoms with Crippen molar-refractivity contribution < 1.29 is 8.94 Å². The van der Waals surface area contributed by atoms with E-state index >= 15 is 0 Å². The normalized spacial score (nSPS) is 12.9. The highest BCUT2D eigenvalue weighted by atomic mass is 16.5. The number of aromatic nitrogens is 2. The highest BCUT2D eigenvalue weighted by molar-refractivity contribution is 5.56. The zero-order chi connectivity index (χ0) is 12.4. The molecule has 5 nitrogen and oxygen atoms in total. The van der Waals surface area contributed by atoms with E-state index in [1.807, 2.05) is 19.9 Å². The summed E-state index contributed by atoms with van der Waals surface area (Å²) in [4.78, 5) is 4.31. The van der Waals surface area contributed by atoms with Gasteiger partial charge in [0.15, 0.2) is 5.82 Å². The van der Waals surface area contributed by atoms with Crippen LogP contribution < -0.4 is 5.73 Å². The average molecular weight is 235 g/mol. The summed E-state index contributed by atoms with van der Waals surface area (Å²) in [5.41, 5.74) is 6.77. The lowest BCUT2D eigenvalue weighted by Crippen LogP contribution is -2.11. The Balaban J connectivity index is 2.26. The maximum atomic E-state index is 5.93. The van der Waals surface area contributed by atoms with E-state index in [1.54, 1.807) is 0 Å². The van der Waals surface area contributed by atoms with Gasteiger partial charge in [-0.25, -0.2) is 0 Å². The maximum absolute atomic E-state index is 5.93. The molecule has 0 aliphatic rings. The number of furan rings is 1. The second-order valence-corrected chi connectivity index (χ2v) is 4.18. The molecule has 0 amide bonds. The van der Waals surface area contributed by atoms with E-state index in [2.05, 4.69) is 17.1 Å². The molecule has 2 rings (SSSR count). The third kappa shape index (κ3) is 2.39. The molecular formula is C12H17N3O2. The van der Waals surface area contributed by atoms with E-state index in [1.165, 1.54) is 0 Å². The zero-order valence-electron chi connectivity index (χ0n) is 10.4. The van der Waals surface area contributed by atoms with Gasteiger partial charge in [-0.1, -0.05) is 18.5 Å². The van der Waals surface area contributed by atoms with Crippen molar-refractivity contribution in [3.8, 4) is 11.5 Å². The zero-order valence-corrected chi connectivity index (χ0v) is 10.4. The Morgan fingerprint density at radius 2 is 2.18 bits per heavy atom. The topological polar surface area (TPSA) is 78.1 Å². The molecular weight excluding hydrogens is 218 g/mol. The minimum atomic E-state index is -0.161. The van der Waals surface area contributed by atoms with Gasteiger partial charge in [-0.05, 0) is 26.3 Å². The Bertz CT molecular complexity index is 502. The van der Waals surface area contributed by atoms with E-state index < -0.39 is 0 Å². The highest BCUT2D eigenvalue weighted by Gasteiger charge is 2.17. The van der Waals surface area contributed by atoms with Crippen molar-refractivity contribution in [2.75, 3.05) is 0 Å². The fraction of sp³-hybridized carbons (Fsp3) is 0.500. The van der Waals surface area contributed by atoms with Crippen LogP contribution in [0, 0.1) is 13.8 Å². The standard InChI is InChI=1S/C12H17N3O2/c1-4-5-10(13)11-14-12(17-15-11)9-6-7(2)16-8(9)3/h6,10H,4-5,13H2,1-3H3. The molecule has 0 aliphatic carbocycles. The Kier molecular flexibility index (Phi) is 3.28. The fourth-order valence-corrected chi connectivity index (χ4v) is 1.78. The smallest absolute Gasteiger partial charge is 0.261 e. The van der Waals surface area contributed by atoms with Crippen LogP contribution in [0.5, 0.6) is 0 Å².